The molecule has 3 aromatic rings. The van der Waals surface area contributed by atoms with E-state index in [0.29, 0.717) is 21.7 Å². The molecule has 0 bridgehead atoms. The average molecular weight is 329 g/mol. The van der Waals surface area contributed by atoms with Crippen molar-refractivity contribution in [2.45, 2.75) is 5.16 Å². The van der Waals surface area contributed by atoms with Crippen LogP contribution >= 0.6 is 11.8 Å². The van der Waals surface area contributed by atoms with Crippen molar-refractivity contribution in [3.63, 3.8) is 0 Å². The van der Waals surface area contributed by atoms with Crippen molar-refractivity contribution >= 4 is 34.3 Å². The summed E-state index contributed by atoms with van der Waals surface area (Å²) in [7, 11) is 0. The molecule has 0 fully saturated rings. The van der Waals surface area contributed by atoms with Crippen LogP contribution < -0.4 is 10.9 Å². The van der Waals surface area contributed by atoms with Crippen molar-refractivity contribution in [3.05, 3.63) is 64.7 Å². The van der Waals surface area contributed by atoms with Crippen molar-refractivity contribution in [1.29, 1.82) is 0 Å². The Hall–Kier alpha value is -2.67. The number of amides is 1. The van der Waals surface area contributed by atoms with Gasteiger partial charge in [-0.15, -0.1) is 0 Å². The van der Waals surface area contributed by atoms with E-state index in [1.165, 1.54) is 18.2 Å². The van der Waals surface area contributed by atoms with Gasteiger partial charge in [0.25, 0.3) is 5.56 Å². The number of benzene rings is 2. The van der Waals surface area contributed by atoms with Crippen molar-refractivity contribution < 1.29 is 9.18 Å². The van der Waals surface area contributed by atoms with Crippen LogP contribution in [0.3, 0.4) is 0 Å². The van der Waals surface area contributed by atoms with Crippen LogP contribution in [0.5, 0.6) is 0 Å². The molecule has 116 valence electrons. The predicted molar refractivity (Wildman–Crippen MR) is 88.1 cm³/mol. The monoisotopic (exact) mass is 329 g/mol. The Bertz CT molecular complexity index is 926. The standard InChI is InChI=1S/C16H12FN3O2S/c17-10-4-3-5-11(8-10)18-14(21)9-23-16-19-13-7-2-1-6-12(13)15(22)20-16/h1-8H,9H2,(H,18,21)(H,19,20,22). The second kappa shape index (κ2) is 6.62. The number of aromatic nitrogens is 2. The lowest BCUT2D eigenvalue weighted by Gasteiger charge is -2.05. The molecule has 7 heteroatoms. The molecule has 0 atom stereocenters. The van der Waals surface area contributed by atoms with Gasteiger partial charge in [0.05, 0.1) is 16.7 Å². The van der Waals surface area contributed by atoms with E-state index in [1.807, 2.05) is 0 Å². The number of anilines is 1. The first kappa shape index (κ1) is 15.2. The van der Waals surface area contributed by atoms with E-state index >= 15 is 0 Å². The minimum Gasteiger partial charge on any atom is -0.325 e. The smallest absolute Gasteiger partial charge is 0.259 e. The van der Waals surface area contributed by atoms with Crippen LogP contribution in [0, 0.1) is 5.82 Å². The highest BCUT2D eigenvalue weighted by Crippen LogP contribution is 2.15. The second-order valence-electron chi connectivity index (χ2n) is 4.74. The molecule has 23 heavy (non-hydrogen) atoms. The van der Waals surface area contributed by atoms with Gasteiger partial charge in [0, 0.05) is 5.69 Å². The molecule has 1 amide bonds. The van der Waals surface area contributed by atoms with Gasteiger partial charge in [-0.05, 0) is 30.3 Å². The lowest BCUT2D eigenvalue weighted by atomic mass is 10.2. The summed E-state index contributed by atoms with van der Waals surface area (Å²) < 4.78 is 13.1. The topological polar surface area (TPSA) is 74.8 Å². The normalized spacial score (nSPS) is 10.7. The summed E-state index contributed by atoms with van der Waals surface area (Å²) in [5, 5.41) is 3.45. The number of fused-ring (bicyclic) bond motifs is 1. The summed E-state index contributed by atoms with van der Waals surface area (Å²) in [6, 6.07) is 12.6. The number of thioether (sulfide) groups is 1. The number of carbonyl (C=O) groups excluding carboxylic acids is 1. The molecule has 0 radical (unpaired) electrons. The lowest BCUT2D eigenvalue weighted by Crippen LogP contribution is -2.15. The quantitative estimate of drug-likeness (QED) is 0.570. The molecular formula is C16H12FN3O2S. The molecule has 0 aliphatic heterocycles. The number of hydrogen-bond donors (Lipinski definition) is 2. The van der Waals surface area contributed by atoms with Gasteiger partial charge in [0.2, 0.25) is 5.91 Å². The van der Waals surface area contributed by atoms with Gasteiger partial charge in [-0.25, -0.2) is 9.37 Å². The zero-order chi connectivity index (χ0) is 16.2. The third-order valence-electron chi connectivity index (χ3n) is 3.04. The fraction of sp³-hybridized carbons (Fsp3) is 0.0625. The maximum Gasteiger partial charge on any atom is 0.259 e. The van der Waals surface area contributed by atoms with E-state index < -0.39 is 5.82 Å². The zero-order valence-corrected chi connectivity index (χ0v) is 12.7. The van der Waals surface area contributed by atoms with Crippen LogP contribution in [-0.4, -0.2) is 21.6 Å². The highest BCUT2D eigenvalue weighted by molar-refractivity contribution is 7.99. The number of para-hydroxylation sites is 1. The average Bonchev–Trinajstić information content (AvgIpc) is 2.53. The Morgan fingerprint density at radius 3 is 2.87 bits per heavy atom. The van der Waals surface area contributed by atoms with Crippen LogP contribution in [0.25, 0.3) is 10.9 Å². The van der Waals surface area contributed by atoms with Gasteiger partial charge in [0.1, 0.15) is 5.82 Å². The third-order valence-corrected chi connectivity index (χ3v) is 3.91. The van der Waals surface area contributed by atoms with E-state index in [1.54, 1.807) is 30.3 Å². The summed E-state index contributed by atoms with van der Waals surface area (Å²) in [5.74, 6) is -0.676. The van der Waals surface area contributed by atoms with E-state index in [4.69, 9.17) is 0 Å². The summed E-state index contributed by atoms with van der Waals surface area (Å²) >= 11 is 1.11. The van der Waals surface area contributed by atoms with Gasteiger partial charge < -0.3 is 10.3 Å². The molecule has 0 saturated heterocycles. The van der Waals surface area contributed by atoms with Crippen molar-refractivity contribution in [2.24, 2.45) is 0 Å². The molecule has 5 nitrogen and oxygen atoms in total. The fourth-order valence-electron chi connectivity index (χ4n) is 2.03. The van der Waals surface area contributed by atoms with E-state index in [-0.39, 0.29) is 17.2 Å². The van der Waals surface area contributed by atoms with E-state index in [0.717, 1.165) is 11.8 Å². The minimum atomic E-state index is -0.420. The Balaban J connectivity index is 1.68. The number of halogens is 1. The van der Waals surface area contributed by atoms with E-state index in [2.05, 4.69) is 15.3 Å². The van der Waals surface area contributed by atoms with Gasteiger partial charge in [-0.2, -0.15) is 0 Å². The lowest BCUT2D eigenvalue weighted by molar-refractivity contribution is -0.113. The maximum absolute atomic E-state index is 13.1. The van der Waals surface area contributed by atoms with Crippen LogP contribution in [-0.2, 0) is 4.79 Å². The fourth-order valence-corrected chi connectivity index (χ4v) is 2.70. The van der Waals surface area contributed by atoms with Crippen molar-refractivity contribution in [3.8, 4) is 0 Å². The number of hydrogen-bond acceptors (Lipinski definition) is 4. The third kappa shape index (κ3) is 3.75. The van der Waals surface area contributed by atoms with Crippen molar-refractivity contribution in [2.75, 3.05) is 11.1 Å². The number of nitrogens with one attached hydrogen (secondary N) is 2. The van der Waals surface area contributed by atoms with Crippen LogP contribution in [0.4, 0.5) is 10.1 Å². The Morgan fingerprint density at radius 2 is 2.04 bits per heavy atom. The summed E-state index contributed by atoms with van der Waals surface area (Å²) in [6.45, 7) is 0. The van der Waals surface area contributed by atoms with Crippen molar-refractivity contribution in [1.82, 2.24) is 9.97 Å². The molecule has 0 aliphatic rings. The molecule has 3 rings (SSSR count). The SMILES string of the molecule is O=C(CSc1nc2ccccc2c(=O)[nH]1)Nc1cccc(F)c1. The van der Waals surface area contributed by atoms with Crippen LogP contribution in [0.15, 0.2) is 58.5 Å². The number of H-pyrrole nitrogens is 1. The van der Waals surface area contributed by atoms with Gasteiger partial charge in [0.15, 0.2) is 5.16 Å². The molecule has 0 unspecified atom stereocenters. The Labute approximate surface area is 135 Å². The predicted octanol–water partition coefficient (Wildman–Crippen LogP) is 2.79. The highest BCUT2D eigenvalue weighted by Gasteiger charge is 2.08. The second-order valence-corrected chi connectivity index (χ2v) is 5.70. The molecule has 1 aromatic heterocycles. The first-order chi connectivity index (χ1) is 11.1. The first-order valence-electron chi connectivity index (χ1n) is 6.79. The molecule has 0 aliphatic carbocycles. The van der Waals surface area contributed by atoms with Gasteiger partial charge in [-0.3, -0.25) is 9.59 Å². The molecule has 0 spiro atoms. The van der Waals surface area contributed by atoms with Crippen LogP contribution in [0.1, 0.15) is 0 Å². The van der Waals surface area contributed by atoms with Gasteiger partial charge >= 0.3 is 0 Å². The number of aromatic amines is 1. The number of carbonyl (C=O) groups is 1. The van der Waals surface area contributed by atoms with Gasteiger partial charge in [-0.1, -0.05) is 30.0 Å². The highest BCUT2D eigenvalue weighted by atomic mass is 32.2. The number of nitrogens with zero attached hydrogens (tertiary/aromatic N) is 1. The summed E-state index contributed by atoms with van der Waals surface area (Å²) in [6.07, 6.45) is 0. The summed E-state index contributed by atoms with van der Waals surface area (Å²) in [4.78, 5) is 30.7. The zero-order valence-electron chi connectivity index (χ0n) is 11.9. The molecule has 2 aromatic carbocycles. The molecule has 0 saturated carbocycles. The summed E-state index contributed by atoms with van der Waals surface area (Å²) in [5.41, 5.74) is 0.712. The Kier molecular flexibility index (Phi) is 4.38. The first-order valence-corrected chi connectivity index (χ1v) is 7.78. The Morgan fingerprint density at radius 1 is 1.22 bits per heavy atom. The number of rotatable bonds is 4. The molecular weight excluding hydrogens is 317 g/mol. The maximum atomic E-state index is 13.1. The molecule has 2 N–H and O–H groups in total. The largest absolute Gasteiger partial charge is 0.325 e. The van der Waals surface area contributed by atoms with E-state index in [9.17, 15) is 14.0 Å². The van der Waals surface area contributed by atoms with Crippen LogP contribution in [0.2, 0.25) is 0 Å². The molecule has 1 heterocycles. The minimum absolute atomic E-state index is 0.0534.